The number of hydrogen-bond acceptors (Lipinski definition) is 3. The van der Waals surface area contributed by atoms with Gasteiger partial charge in [-0.05, 0) is 84.6 Å². The quantitative estimate of drug-likeness (QED) is 0.240. The van der Waals surface area contributed by atoms with Crippen LogP contribution >= 0.6 is 0 Å². The Morgan fingerprint density at radius 3 is 1.42 bits per heavy atom. The molecule has 36 heavy (non-hydrogen) atoms. The van der Waals surface area contributed by atoms with E-state index in [0.29, 0.717) is 10.6 Å². The van der Waals surface area contributed by atoms with Gasteiger partial charge < -0.3 is 9.47 Å². The van der Waals surface area contributed by atoms with Crippen molar-refractivity contribution in [1.82, 2.24) is 0 Å². The Morgan fingerprint density at radius 2 is 1.00 bits per heavy atom. The van der Waals surface area contributed by atoms with Crippen LogP contribution in [0.25, 0.3) is 0 Å². The SMILES string of the molecule is C=S(=O)(c1ccc(C)cc1)c1ccc(Oc2ccc(C(C)(C)c3ccc(OC)cc3)cc2)cc1.CC. The van der Waals surface area contributed by atoms with Crippen molar-refractivity contribution in [1.29, 1.82) is 0 Å². The standard InChI is InChI=1S/C30H30O3S.C2H6/c1-22-6-18-28(19-7-22)34(5,31)29-20-16-27(17-21-29)33-26-14-10-24(11-15-26)30(2,3)23-8-12-25(32-4)13-9-23;1-2/h6-21H,5H2,1-4H3;1-2H3. The van der Waals surface area contributed by atoms with Gasteiger partial charge in [0, 0.05) is 24.7 Å². The molecule has 0 aliphatic rings. The van der Waals surface area contributed by atoms with E-state index in [-0.39, 0.29) is 5.41 Å². The van der Waals surface area contributed by atoms with Crippen LogP contribution in [0.4, 0.5) is 0 Å². The Balaban J connectivity index is 0.00000176. The van der Waals surface area contributed by atoms with Gasteiger partial charge in [0.1, 0.15) is 17.2 Å². The van der Waals surface area contributed by atoms with Crippen molar-refractivity contribution in [3.63, 3.8) is 0 Å². The molecule has 4 aromatic carbocycles. The number of ether oxygens (including phenoxy) is 2. The highest BCUT2D eigenvalue weighted by Gasteiger charge is 2.23. The molecule has 0 N–H and O–H groups in total. The van der Waals surface area contributed by atoms with Gasteiger partial charge in [0.15, 0.2) is 0 Å². The summed E-state index contributed by atoms with van der Waals surface area (Å²) in [5.74, 6) is 6.28. The molecule has 0 bridgehead atoms. The second-order valence-electron chi connectivity index (χ2n) is 8.94. The molecule has 188 valence electrons. The molecule has 0 saturated heterocycles. The number of aryl methyl sites for hydroxylation is 1. The Morgan fingerprint density at radius 1 is 0.639 bits per heavy atom. The maximum absolute atomic E-state index is 13.3. The zero-order valence-corrected chi connectivity index (χ0v) is 22.9. The molecule has 1 unspecified atom stereocenters. The molecule has 4 heteroatoms. The molecule has 0 fully saturated rings. The van der Waals surface area contributed by atoms with Crippen molar-refractivity contribution in [3.05, 3.63) is 114 Å². The highest BCUT2D eigenvalue weighted by Crippen LogP contribution is 2.34. The van der Waals surface area contributed by atoms with Crippen LogP contribution in [0.2, 0.25) is 0 Å². The highest BCUT2D eigenvalue weighted by atomic mass is 32.2. The molecule has 0 aliphatic heterocycles. The van der Waals surface area contributed by atoms with Crippen molar-refractivity contribution in [2.75, 3.05) is 7.11 Å². The summed E-state index contributed by atoms with van der Waals surface area (Å²) in [6.45, 7) is 10.4. The predicted molar refractivity (Wildman–Crippen MR) is 152 cm³/mol. The van der Waals surface area contributed by atoms with Crippen molar-refractivity contribution < 1.29 is 13.7 Å². The maximum Gasteiger partial charge on any atom is 0.127 e. The Bertz CT molecular complexity index is 1350. The fourth-order valence-electron chi connectivity index (χ4n) is 3.87. The fourth-order valence-corrected chi connectivity index (χ4v) is 5.30. The van der Waals surface area contributed by atoms with Crippen LogP contribution in [-0.4, -0.2) is 17.2 Å². The van der Waals surface area contributed by atoms with E-state index in [1.807, 2.05) is 93.6 Å². The summed E-state index contributed by atoms with van der Waals surface area (Å²) < 4.78 is 24.6. The predicted octanol–water partition coefficient (Wildman–Crippen LogP) is 8.28. The smallest absolute Gasteiger partial charge is 0.127 e. The van der Waals surface area contributed by atoms with E-state index in [9.17, 15) is 4.21 Å². The van der Waals surface area contributed by atoms with Crippen LogP contribution in [0.1, 0.15) is 44.4 Å². The molecule has 0 spiro atoms. The lowest BCUT2D eigenvalue weighted by atomic mass is 9.78. The van der Waals surface area contributed by atoms with E-state index < -0.39 is 9.52 Å². The minimum Gasteiger partial charge on any atom is -0.497 e. The van der Waals surface area contributed by atoms with Crippen molar-refractivity contribution in [2.24, 2.45) is 0 Å². The summed E-state index contributed by atoms with van der Waals surface area (Å²) in [5.41, 5.74) is 3.37. The van der Waals surface area contributed by atoms with Gasteiger partial charge in [-0.15, -0.1) is 0 Å². The van der Waals surface area contributed by atoms with E-state index in [1.54, 1.807) is 7.11 Å². The molecule has 0 aromatic heterocycles. The zero-order chi connectivity index (χ0) is 26.3. The van der Waals surface area contributed by atoms with Crippen LogP contribution < -0.4 is 9.47 Å². The average Bonchev–Trinajstić information content (AvgIpc) is 2.91. The zero-order valence-electron chi connectivity index (χ0n) is 22.1. The number of methoxy groups -OCH3 is 1. The van der Waals surface area contributed by atoms with E-state index in [1.165, 1.54) is 11.1 Å². The molecule has 0 heterocycles. The molecular formula is C32H36O3S. The lowest BCUT2D eigenvalue weighted by Crippen LogP contribution is -2.18. The molecule has 4 aromatic rings. The second kappa shape index (κ2) is 11.5. The van der Waals surface area contributed by atoms with E-state index >= 15 is 0 Å². The van der Waals surface area contributed by atoms with Gasteiger partial charge in [0.2, 0.25) is 0 Å². The first kappa shape index (κ1) is 27.1. The van der Waals surface area contributed by atoms with Gasteiger partial charge in [-0.1, -0.05) is 69.7 Å². The average molecular weight is 501 g/mol. The van der Waals surface area contributed by atoms with Gasteiger partial charge in [-0.25, -0.2) is 0 Å². The van der Waals surface area contributed by atoms with Gasteiger partial charge in [0.05, 0.1) is 7.11 Å². The molecule has 0 saturated carbocycles. The monoisotopic (exact) mass is 500 g/mol. The maximum atomic E-state index is 13.3. The minimum atomic E-state index is -2.56. The molecule has 0 radical (unpaired) electrons. The van der Waals surface area contributed by atoms with Crippen LogP contribution in [0.15, 0.2) is 107 Å². The van der Waals surface area contributed by atoms with E-state index in [2.05, 4.69) is 44.0 Å². The minimum absolute atomic E-state index is 0.156. The first-order valence-electron chi connectivity index (χ1n) is 12.2. The first-order chi connectivity index (χ1) is 17.2. The number of hydrogen-bond donors (Lipinski definition) is 0. The normalized spacial score (nSPS) is 12.6. The summed E-state index contributed by atoms with van der Waals surface area (Å²) in [6, 6.07) is 31.3. The van der Waals surface area contributed by atoms with Crippen LogP contribution in [0.3, 0.4) is 0 Å². The lowest BCUT2D eigenvalue weighted by Gasteiger charge is -2.26. The van der Waals surface area contributed by atoms with E-state index in [4.69, 9.17) is 9.47 Å². The molecule has 3 nitrogen and oxygen atoms in total. The third-order valence-electron chi connectivity index (χ3n) is 6.23. The van der Waals surface area contributed by atoms with E-state index in [0.717, 1.165) is 22.0 Å². The third-order valence-corrected chi connectivity index (χ3v) is 8.30. The fraction of sp³-hybridized carbons (Fsp3) is 0.219. The molecule has 0 aliphatic carbocycles. The largest absolute Gasteiger partial charge is 0.497 e. The molecule has 4 rings (SSSR count). The highest BCUT2D eigenvalue weighted by molar-refractivity contribution is 8.00. The van der Waals surface area contributed by atoms with Crippen molar-refractivity contribution in [2.45, 2.75) is 49.8 Å². The Hall–Kier alpha value is -3.50. The van der Waals surface area contributed by atoms with Gasteiger partial charge in [-0.3, -0.25) is 4.21 Å². The summed E-state index contributed by atoms with van der Waals surface area (Å²) in [7, 11) is -0.887. The Kier molecular flexibility index (Phi) is 8.65. The number of benzene rings is 4. The lowest BCUT2D eigenvalue weighted by molar-refractivity contribution is 0.414. The summed E-state index contributed by atoms with van der Waals surface area (Å²) in [5, 5.41) is 0. The van der Waals surface area contributed by atoms with Gasteiger partial charge >= 0.3 is 0 Å². The van der Waals surface area contributed by atoms with Crippen molar-refractivity contribution in [3.8, 4) is 17.2 Å². The van der Waals surface area contributed by atoms with Crippen LogP contribution in [0.5, 0.6) is 17.2 Å². The van der Waals surface area contributed by atoms with Gasteiger partial charge in [-0.2, -0.15) is 0 Å². The summed E-state index contributed by atoms with van der Waals surface area (Å²) >= 11 is 0. The summed E-state index contributed by atoms with van der Waals surface area (Å²) in [6.07, 6.45) is 0. The third kappa shape index (κ3) is 6.00. The number of rotatable bonds is 7. The van der Waals surface area contributed by atoms with Crippen LogP contribution in [0, 0.1) is 6.92 Å². The van der Waals surface area contributed by atoms with Crippen molar-refractivity contribution >= 4 is 15.4 Å². The van der Waals surface area contributed by atoms with Gasteiger partial charge in [0.25, 0.3) is 0 Å². The van der Waals surface area contributed by atoms with Crippen LogP contribution in [-0.2, 0) is 14.9 Å². The molecule has 0 amide bonds. The molecule has 1 atom stereocenters. The molecular weight excluding hydrogens is 464 g/mol. The summed E-state index contributed by atoms with van der Waals surface area (Å²) in [4.78, 5) is 1.40. The first-order valence-corrected chi connectivity index (χ1v) is 13.9. The second-order valence-corrected chi connectivity index (χ2v) is 11.2. The topological polar surface area (TPSA) is 35.5 Å². The Labute approximate surface area is 216 Å².